The smallest absolute Gasteiger partial charge is 0.254 e. The predicted octanol–water partition coefficient (Wildman–Crippen LogP) is 4.00. The van der Waals surface area contributed by atoms with Crippen molar-refractivity contribution < 1.29 is 22.0 Å². The minimum absolute atomic E-state index is 0.316. The molecule has 0 spiro atoms. The van der Waals surface area contributed by atoms with E-state index in [1.54, 1.807) is 0 Å². The third-order valence-corrected chi connectivity index (χ3v) is 2.28. The number of aromatic nitrogens is 1. The molecule has 0 radical (unpaired) electrons. The van der Waals surface area contributed by atoms with Crippen molar-refractivity contribution in [2.24, 2.45) is 0 Å². The van der Waals surface area contributed by atoms with Gasteiger partial charge in [0, 0.05) is 6.20 Å². The lowest BCUT2D eigenvalue weighted by molar-refractivity contribution is -0.137. The lowest BCUT2D eigenvalue weighted by atomic mass is 10.1. The van der Waals surface area contributed by atoms with Gasteiger partial charge in [-0.1, -0.05) is 11.6 Å². The summed E-state index contributed by atoms with van der Waals surface area (Å²) in [5.41, 5.74) is -2.28. The van der Waals surface area contributed by atoms with Crippen molar-refractivity contribution in [2.75, 3.05) is 0 Å². The fourth-order valence-electron chi connectivity index (χ4n) is 1.02. The SMILES string of the molecule is Cc1c(C(F)F)ncc(C(F)(F)F)c1Cl. The molecule has 0 amide bonds. The third kappa shape index (κ3) is 2.37. The van der Waals surface area contributed by atoms with Gasteiger partial charge in [-0.05, 0) is 12.5 Å². The second-order valence-corrected chi connectivity index (χ2v) is 3.17. The fraction of sp³-hybridized carbons (Fsp3) is 0.375. The summed E-state index contributed by atoms with van der Waals surface area (Å²) >= 11 is 5.33. The summed E-state index contributed by atoms with van der Waals surface area (Å²) in [5, 5.41) is -0.729. The molecule has 0 aliphatic rings. The maximum absolute atomic E-state index is 12.2. The summed E-state index contributed by atoms with van der Waals surface area (Å²) in [6.45, 7) is 1.08. The molecule has 1 rings (SSSR count). The summed E-state index contributed by atoms with van der Waals surface area (Å²) in [6, 6.07) is 0. The first-order valence-corrected chi connectivity index (χ1v) is 4.13. The van der Waals surface area contributed by atoms with Crippen LogP contribution in [0.25, 0.3) is 0 Å². The van der Waals surface area contributed by atoms with Crippen LogP contribution in [-0.4, -0.2) is 4.98 Å². The Morgan fingerprint density at radius 1 is 1.33 bits per heavy atom. The molecule has 7 heteroatoms. The van der Waals surface area contributed by atoms with Crippen molar-refractivity contribution in [3.63, 3.8) is 0 Å². The zero-order valence-corrected chi connectivity index (χ0v) is 8.13. The summed E-state index contributed by atoms with van der Waals surface area (Å²) in [7, 11) is 0. The van der Waals surface area contributed by atoms with Gasteiger partial charge in [0.1, 0.15) is 5.69 Å². The van der Waals surface area contributed by atoms with Crippen LogP contribution < -0.4 is 0 Å². The van der Waals surface area contributed by atoms with E-state index in [1.807, 2.05) is 0 Å². The minimum Gasteiger partial charge on any atom is -0.254 e. The molecule has 0 aliphatic carbocycles. The Hall–Kier alpha value is -0.910. The van der Waals surface area contributed by atoms with Crippen LogP contribution >= 0.6 is 11.6 Å². The van der Waals surface area contributed by atoms with E-state index in [-0.39, 0.29) is 5.56 Å². The Morgan fingerprint density at radius 3 is 2.27 bits per heavy atom. The van der Waals surface area contributed by atoms with Crippen LogP contribution in [0.4, 0.5) is 22.0 Å². The second-order valence-electron chi connectivity index (χ2n) is 2.79. The van der Waals surface area contributed by atoms with E-state index >= 15 is 0 Å². The molecule has 1 aromatic heterocycles. The van der Waals surface area contributed by atoms with Crippen LogP contribution in [0.5, 0.6) is 0 Å². The van der Waals surface area contributed by atoms with Gasteiger partial charge < -0.3 is 0 Å². The zero-order chi connectivity index (χ0) is 11.8. The molecule has 0 unspecified atom stereocenters. The molecule has 0 aliphatic heterocycles. The standard InChI is InChI=1S/C8H5ClF5N/c1-3-5(9)4(8(12,13)14)2-15-6(3)7(10)11/h2,7H,1H3. The molecule has 1 heterocycles. The van der Waals surface area contributed by atoms with Crippen LogP contribution in [0.15, 0.2) is 6.20 Å². The minimum atomic E-state index is -4.69. The molecule has 1 aromatic rings. The van der Waals surface area contributed by atoms with Gasteiger partial charge in [-0.3, -0.25) is 4.98 Å². The molecule has 1 nitrogen and oxygen atoms in total. The number of rotatable bonds is 1. The lowest BCUT2D eigenvalue weighted by Gasteiger charge is -2.12. The summed E-state index contributed by atoms with van der Waals surface area (Å²) in [4.78, 5) is 3.05. The van der Waals surface area contributed by atoms with E-state index in [4.69, 9.17) is 11.6 Å². The average Bonchev–Trinajstić information content (AvgIpc) is 2.06. The maximum atomic E-state index is 12.2. The highest BCUT2D eigenvalue weighted by Gasteiger charge is 2.35. The van der Waals surface area contributed by atoms with Gasteiger partial charge in [0.05, 0.1) is 10.6 Å². The molecule has 0 aromatic carbocycles. The molecule has 0 saturated carbocycles. The Bertz CT molecular complexity index is 374. The first-order chi connectivity index (χ1) is 6.75. The van der Waals surface area contributed by atoms with Gasteiger partial charge in [-0.25, -0.2) is 8.78 Å². The number of halogens is 6. The van der Waals surface area contributed by atoms with E-state index in [1.165, 1.54) is 0 Å². The quantitative estimate of drug-likeness (QED) is 0.682. The van der Waals surface area contributed by atoms with Crippen LogP contribution in [0.1, 0.15) is 23.2 Å². The highest BCUT2D eigenvalue weighted by molar-refractivity contribution is 6.32. The van der Waals surface area contributed by atoms with Crippen LogP contribution in [0.2, 0.25) is 5.02 Å². The Morgan fingerprint density at radius 2 is 1.87 bits per heavy atom. The van der Waals surface area contributed by atoms with Crippen molar-refractivity contribution >= 4 is 11.6 Å². The van der Waals surface area contributed by atoms with E-state index in [2.05, 4.69) is 4.98 Å². The van der Waals surface area contributed by atoms with Gasteiger partial charge in [-0.15, -0.1) is 0 Å². The Kier molecular flexibility index (Phi) is 3.18. The number of pyridine rings is 1. The summed E-state index contributed by atoms with van der Waals surface area (Å²) < 4.78 is 61.2. The van der Waals surface area contributed by atoms with Crippen LogP contribution in [0, 0.1) is 6.92 Å². The summed E-state index contributed by atoms with van der Waals surface area (Å²) in [5.74, 6) is 0. The topological polar surface area (TPSA) is 12.9 Å². The van der Waals surface area contributed by atoms with E-state index in [0.717, 1.165) is 6.92 Å². The monoisotopic (exact) mass is 245 g/mol. The van der Waals surface area contributed by atoms with Crippen molar-refractivity contribution in [1.82, 2.24) is 4.98 Å². The molecule has 0 atom stereocenters. The first-order valence-electron chi connectivity index (χ1n) is 3.75. The first kappa shape index (κ1) is 12.2. The largest absolute Gasteiger partial charge is 0.419 e. The number of alkyl halides is 5. The highest BCUT2D eigenvalue weighted by Crippen LogP contribution is 2.37. The molecule has 0 saturated heterocycles. The molecule has 0 N–H and O–H groups in total. The predicted molar refractivity (Wildman–Crippen MR) is 43.9 cm³/mol. The van der Waals surface area contributed by atoms with E-state index in [9.17, 15) is 22.0 Å². The molecule has 15 heavy (non-hydrogen) atoms. The Balaban J connectivity index is 3.34. The van der Waals surface area contributed by atoms with E-state index < -0.39 is 28.9 Å². The zero-order valence-electron chi connectivity index (χ0n) is 7.37. The highest BCUT2D eigenvalue weighted by atomic mass is 35.5. The molecule has 0 fully saturated rings. The normalized spacial score (nSPS) is 12.3. The lowest BCUT2D eigenvalue weighted by Crippen LogP contribution is -2.09. The van der Waals surface area contributed by atoms with Gasteiger partial charge in [0.2, 0.25) is 0 Å². The van der Waals surface area contributed by atoms with E-state index in [0.29, 0.717) is 6.20 Å². The van der Waals surface area contributed by atoms with Crippen LogP contribution in [-0.2, 0) is 6.18 Å². The molecular weight excluding hydrogens is 241 g/mol. The van der Waals surface area contributed by atoms with Gasteiger partial charge in [-0.2, -0.15) is 13.2 Å². The number of nitrogens with zero attached hydrogens (tertiary/aromatic N) is 1. The van der Waals surface area contributed by atoms with Crippen molar-refractivity contribution in [2.45, 2.75) is 19.5 Å². The van der Waals surface area contributed by atoms with Crippen molar-refractivity contribution in [3.05, 3.63) is 28.0 Å². The van der Waals surface area contributed by atoms with Crippen molar-refractivity contribution in [3.8, 4) is 0 Å². The maximum Gasteiger partial charge on any atom is 0.419 e. The van der Waals surface area contributed by atoms with Gasteiger partial charge >= 0.3 is 6.18 Å². The average molecular weight is 246 g/mol. The van der Waals surface area contributed by atoms with Crippen molar-refractivity contribution in [1.29, 1.82) is 0 Å². The number of hydrogen-bond acceptors (Lipinski definition) is 1. The van der Waals surface area contributed by atoms with Gasteiger partial charge in [0.25, 0.3) is 6.43 Å². The molecule has 84 valence electrons. The second kappa shape index (κ2) is 3.92. The Labute approximate surface area is 86.9 Å². The van der Waals surface area contributed by atoms with Gasteiger partial charge in [0.15, 0.2) is 0 Å². The fourth-order valence-corrected chi connectivity index (χ4v) is 1.27. The third-order valence-electron chi connectivity index (χ3n) is 1.79. The number of hydrogen-bond donors (Lipinski definition) is 0. The molecule has 0 bridgehead atoms. The van der Waals surface area contributed by atoms with Crippen LogP contribution in [0.3, 0.4) is 0 Å². The molecular formula is C8H5ClF5N. The summed E-state index contributed by atoms with van der Waals surface area (Å²) in [6.07, 6.45) is -7.31.